The van der Waals surface area contributed by atoms with Crippen LogP contribution in [0.15, 0.2) is 18.2 Å². The van der Waals surface area contributed by atoms with Gasteiger partial charge in [0.1, 0.15) is 0 Å². The van der Waals surface area contributed by atoms with Gasteiger partial charge in [0.25, 0.3) is 0 Å². The van der Waals surface area contributed by atoms with E-state index in [2.05, 4.69) is 0 Å². The molecule has 1 rings (SSSR count). The van der Waals surface area contributed by atoms with Gasteiger partial charge in [0, 0.05) is 5.54 Å². The number of aryl methyl sites for hydroxylation is 2. The van der Waals surface area contributed by atoms with Gasteiger partial charge in [-0.05, 0) is 46.2 Å². The Morgan fingerprint density at radius 2 is 1.81 bits per heavy atom. The number of benzene rings is 1. The Labute approximate surface area is 96.7 Å². The fourth-order valence-electron chi connectivity index (χ4n) is 1.81. The third-order valence-corrected chi connectivity index (χ3v) is 2.46. The third-order valence-electron chi connectivity index (χ3n) is 2.46. The summed E-state index contributed by atoms with van der Waals surface area (Å²) in [6, 6.07) is 5.80. The van der Waals surface area contributed by atoms with Gasteiger partial charge in [0.05, 0.1) is 5.69 Å². The highest BCUT2D eigenvalue weighted by Gasteiger charge is 2.28. The summed E-state index contributed by atoms with van der Waals surface area (Å²) in [6.07, 6.45) is -0.917. The lowest BCUT2D eigenvalue weighted by molar-refractivity contribution is 0.195. The maximum Gasteiger partial charge on any atom is 0.412 e. The van der Waals surface area contributed by atoms with E-state index in [0.29, 0.717) is 0 Å². The molecule has 0 aromatic heterocycles. The fraction of sp³-hybridized carbons (Fsp3) is 0.462. The lowest BCUT2D eigenvalue weighted by Gasteiger charge is -2.34. The van der Waals surface area contributed by atoms with Crippen LogP contribution in [0.2, 0.25) is 0 Å². The number of rotatable bonds is 1. The smallest absolute Gasteiger partial charge is 0.412 e. The summed E-state index contributed by atoms with van der Waals surface area (Å²) >= 11 is 0. The van der Waals surface area contributed by atoms with Crippen molar-refractivity contribution in [2.75, 3.05) is 4.90 Å². The second-order valence-corrected chi connectivity index (χ2v) is 5.08. The molecule has 1 amide bonds. The first kappa shape index (κ1) is 12.6. The molecule has 1 aromatic rings. The van der Waals surface area contributed by atoms with Crippen molar-refractivity contribution >= 4 is 11.8 Å². The third kappa shape index (κ3) is 2.54. The highest BCUT2D eigenvalue weighted by Crippen LogP contribution is 2.27. The van der Waals surface area contributed by atoms with Crippen molar-refractivity contribution in [3.8, 4) is 0 Å². The predicted molar refractivity (Wildman–Crippen MR) is 66.2 cm³/mol. The second kappa shape index (κ2) is 4.16. The first-order chi connectivity index (χ1) is 7.23. The summed E-state index contributed by atoms with van der Waals surface area (Å²) in [5, 5.41) is 9.28. The molecule has 1 aromatic carbocycles. The molecule has 0 bridgehead atoms. The van der Waals surface area contributed by atoms with Crippen molar-refractivity contribution in [1.82, 2.24) is 0 Å². The largest absolute Gasteiger partial charge is 0.465 e. The summed E-state index contributed by atoms with van der Waals surface area (Å²) in [6.45, 7) is 9.60. The first-order valence-corrected chi connectivity index (χ1v) is 5.34. The minimum absolute atomic E-state index is 0.439. The van der Waals surface area contributed by atoms with Crippen molar-refractivity contribution in [2.45, 2.75) is 40.2 Å². The lowest BCUT2D eigenvalue weighted by Crippen LogP contribution is -2.45. The average Bonchev–Trinajstić information content (AvgIpc) is 2.06. The maximum absolute atomic E-state index is 11.3. The molecule has 0 atom stereocenters. The van der Waals surface area contributed by atoms with Crippen LogP contribution < -0.4 is 4.90 Å². The summed E-state index contributed by atoms with van der Waals surface area (Å²) in [5.74, 6) is 0. The van der Waals surface area contributed by atoms with Crippen LogP contribution in [0.3, 0.4) is 0 Å². The topological polar surface area (TPSA) is 40.5 Å². The Morgan fingerprint density at radius 1 is 1.25 bits per heavy atom. The van der Waals surface area contributed by atoms with Crippen LogP contribution in [0.25, 0.3) is 0 Å². The Morgan fingerprint density at radius 3 is 2.19 bits per heavy atom. The minimum Gasteiger partial charge on any atom is -0.465 e. The lowest BCUT2D eigenvalue weighted by atomic mass is 10.0. The van der Waals surface area contributed by atoms with E-state index in [-0.39, 0.29) is 0 Å². The summed E-state index contributed by atoms with van der Waals surface area (Å²) in [5.41, 5.74) is 2.44. The van der Waals surface area contributed by atoms with Gasteiger partial charge < -0.3 is 5.11 Å². The SMILES string of the molecule is Cc1ccc(N(C(=O)O)C(C)(C)C)c(C)c1. The number of carboxylic acid groups (broad SMARTS) is 1. The summed E-state index contributed by atoms with van der Waals surface area (Å²) in [4.78, 5) is 12.7. The van der Waals surface area contributed by atoms with Crippen molar-refractivity contribution in [2.24, 2.45) is 0 Å². The van der Waals surface area contributed by atoms with Gasteiger partial charge in [-0.1, -0.05) is 17.7 Å². The van der Waals surface area contributed by atoms with Crippen LogP contribution >= 0.6 is 0 Å². The van der Waals surface area contributed by atoms with E-state index in [1.165, 1.54) is 4.90 Å². The van der Waals surface area contributed by atoms with E-state index in [4.69, 9.17) is 0 Å². The molecule has 0 saturated heterocycles. The number of hydrogen-bond acceptors (Lipinski definition) is 1. The molecule has 0 heterocycles. The zero-order valence-electron chi connectivity index (χ0n) is 10.5. The normalized spacial score (nSPS) is 11.3. The van der Waals surface area contributed by atoms with E-state index < -0.39 is 11.6 Å². The number of anilines is 1. The fourth-order valence-corrected chi connectivity index (χ4v) is 1.81. The highest BCUT2D eigenvalue weighted by molar-refractivity contribution is 5.88. The molecule has 1 N–H and O–H groups in total. The van der Waals surface area contributed by atoms with Gasteiger partial charge >= 0.3 is 6.09 Å². The van der Waals surface area contributed by atoms with Gasteiger partial charge in [0.15, 0.2) is 0 Å². The zero-order valence-corrected chi connectivity index (χ0v) is 10.5. The molecular weight excluding hydrogens is 202 g/mol. The van der Waals surface area contributed by atoms with Gasteiger partial charge in [-0.15, -0.1) is 0 Å². The van der Waals surface area contributed by atoms with Crippen LogP contribution in [-0.4, -0.2) is 16.7 Å². The van der Waals surface area contributed by atoms with Crippen molar-refractivity contribution in [3.05, 3.63) is 29.3 Å². The molecule has 88 valence electrons. The summed E-state index contributed by atoms with van der Waals surface area (Å²) in [7, 11) is 0. The Kier molecular flexibility index (Phi) is 3.27. The standard InChI is InChI=1S/C13H19NO2/c1-9-6-7-11(10(2)8-9)14(12(15)16)13(3,4)5/h6-8H,1-5H3,(H,15,16). The van der Waals surface area contributed by atoms with Gasteiger partial charge in [-0.25, -0.2) is 4.79 Å². The Bertz CT molecular complexity index is 405. The number of nitrogens with zero attached hydrogens (tertiary/aromatic N) is 1. The molecule has 0 radical (unpaired) electrons. The van der Waals surface area contributed by atoms with E-state index in [1.54, 1.807) is 0 Å². The molecule has 0 spiro atoms. The van der Waals surface area contributed by atoms with Crippen LogP contribution in [0, 0.1) is 13.8 Å². The molecule has 0 aliphatic heterocycles. The Balaban J connectivity index is 3.28. The molecule has 3 nitrogen and oxygen atoms in total. The number of carbonyl (C=O) groups is 1. The van der Waals surface area contributed by atoms with E-state index in [1.807, 2.05) is 52.8 Å². The number of amides is 1. The van der Waals surface area contributed by atoms with E-state index in [0.717, 1.165) is 16.8 Å². The van der Waals surface area contributed by atoms with Gasteiger partial charge in [0.2, 0.25) is 0 Å². The molecule has 0 unspecified atom stereocenters. The van der Waals surface area contributed by atoms with Crippen molar-refractivity contribution in [1.29, 1.82) is 0 Å². The van der Waals surface area contributed by atoms with E-state index in [9.17, 15) is 9.90 Å². The van der Waals surface area contributed by atoms with Crippen molar-refractivity contribution < 1.29 is 9.90 Å². The Hall–Kier alpha value is -1.51. The average molecular weight is 221 g/mol. The maximum atomic E-state index is 11.3. The molecule has 16 heavy (non-hydrogen) atoms. The van der Waals surface area contributed by atoms with Crippen LogP contribution in [0.4, 0.5) is 10.5 Å². The quantitative estimate of drug-likeness (QED) is 0.787. The minimum atomic E-state index is -0.917. The molecule has 0 fully saturated rings. The summed E-state index contributed by atoms with van der Waals surface area (Å²) < 4.78 is 0. The van der Waals surface area contributed by atoms with Crippen molar-refractivity contribution in [3.63, 3.8) is 0 Å². The zero-order chi connectivity index (χ0) is 12.5. The van der Waals surface area contributed by atoms with Gasteiger partial charge in [-0.2, -0.15) is 0 Å². The molecule has 0 aliphatic carbocycles. The second-order valence-electron chi connectivity index (χ2n) is 5.08. The highest BCUT2D eigenvalue weighted by atomic mass is 16.4. The van der Waals surface area contributed by atoms with Crippen LogP contribution in [-0.2, 0) is 0 Å². The van der Waals surface area contributed by atoms with Crippen LogP contribution in [0.5, 0.6) is 0 Å². The van der Waals surface area contributed by atoms with Gasteiger partial charge in [-0.3, -0.25) is 4.90 Å². The molecule has 0 saturated carbocycles. The molecule has 3 heteroatoms. The molecular formula is C13H19NO2. The van der Waals surface area contributed by atoms with E-state index >= 15 is 0 Å². The monoisotopic (exact) mass is 221 g/mol. The number of hydrogen-bond donors (Lipinski definition) is 1. The predicted octanol–water partition coefficient (Wildman–Crippen LogP) is 3.59. The molecule has 0 aliphatic rings. The first-order valence-electron chi connectivity index (χ1n) is 5.34. The van der Waals surface area contributed by atoms with Crippen LogP contribution in [0.1, 0.15) is 31.9 Å².